The summed E-state index contributed by atoms with van der Waals surface area (Å²) in [6.07, 6.45) is 3.44. The van der Waals surface area contributed by atoms with E-state index in [0.29, 0.717) is 82.6 Å². The number of allylic oxidation sites excluding steroid dienone is 1. The molecule has 232 valence electrons. The van der Waals surface area contributed by atoms with E-state index in [1.165, 1.54) is 7.11 Å². The van der Waals surface area contributed by atoms with E-state index in [2.05, 4.69) is 26.3 Å². The lowest BCUT2D eigenvalue weighted by atomic mass is 9.93. The molecule has 0 bridgehead atoms. The summed E-state index contributed by atoms with van der Waals surface area (Å²) in [5, 5.41) is 13.6. The Balaban J connectivity index is 1.39. The summed E-state index contributed by atoms with van der Waals surface area (Å²) in [6.45, 7) is 9.82. The number of nitrogens with one attached hydrogen (secondary N) is 1. The molecule has 11 nitrogen and oxygen atoms in total. The number of ether oxygens (including phenoxy) is 2. The third-order valence-corrected chi connectivity index (χ3v) is 8.62. The van der Waals surface area contributed by atoms with E-state index in [1.54, 1.807) is 49.2 Å². The minimum absolute atomic E-state index is 0.189. The van der Waals surface area contributed by atoms with Crippen LogP contribution in [0.4, 0.5) is 5.95 Å². The molecule has 0 radical (unpaired) electrons. The first-order valence-electron chi connectivity index (χ1n) is 14.6. The predicted octanol–water partition coefficient (Wildman–Crippen LogP) is 4.06. The smallest absolute Gasteiger partial charge is 0.264 e. The quantitative estimate of drug-likeness (QED) is 0.293. The van der Waals surface area contributed by atoms with Crippen LogP contribution in [-0.2, 0) is 11.3 Å². The van der Waals surface area contributed by atoms with Crippen molar-refractivity contribution in [2.24, 2.45) is 17.3 Å². The molecule has 1 amide bonds. The molecular formula is C32H38ClN7O4. The molecule has 2 aromatic heterocycles. The molecule has 1 N–H and O–H groups in total. The number of carbonyl (C=O) groups is 1. The summed E-state index contributed by atoms with van der Waals surface area (Å²) in [4.78, 5) is 40.3. The second-order valence-electron chi connectivity index (χ2n) is 12.5. The first kappa shape index (κ1) is 31.3. The van der Waals surface area contributed by atoms with Gasteiger partial charge in [0.15, 0.2) is 0 Å². The van der Waals surface area contributed by atoms with E-state index >= 15 is 0 Å². The van der Waals surface area contributed by atoms with Crippen molar-refractivity contribution in [1.29, 1.82) is 5.26 Å². The number of likely N-dealkylation sites (tertiary alicyclic amines) is 2. The number of rotatable bonds is 8. The summed E-state index contributed by atoms with van der Waals surface area (Å²) in [5.74, 6) is 1.77. The number of hydrogen-bond acceptors (Lipinski definition) is 9. The van der Waals surface area contributed by atoms with E-state index in [9.17, 15) is 14.9 Å². The molecule has 12 heteroatoms. The van der Waals surface area contributed by atoms with Crippen LogP contribution in [0.2, 0.25) is 5.02 Å². The van der Waals surface area contributed by atoms with Gasteiger partial charge < -0.3 is 24.6 Å². The molecule has 0 saturated carbocycles. The number of nitrogens with zero attached hydrogens (tertiary/aromatic N) is 6. The van der Waals surface area contributed by atoms with Crippen LogP contribution in [-0.4, -0.2) is 84.2 Å². The monoisotopic (exact) mass is 619 g/mol. The Morgan fingerprint density at radius 1 is 1.11 bits per heavy atom. The van der Waals surface area contributed by atoms with Crippen LogP contribution < -0.4 is 20.3 Å². The largest absolute Gasteiger partial charge is 0.497 e. The minimum Gasteiger partial charge on any atom is -0.497 e. The van der Waals surface area contributed by atoms with Crippen molar-refractivity contribution < 1.29 is 14.3 Å². The molecule has 44 heavy (non-hydrogen) atoms. The molecule has 2 unspecified atom stereocenters. The Morgan fingerprint density at radius 3 is 2.41 bits per heavy atom. The fourth-order valence-electron chi connectivity index (χ4n) is 6.14. The van der Waals surface area contributed by atoms with Gasteiger partial charge in [-0.15, -0.1) is 0 Å². The first-order chi connectivity index (χ1) is 21.0. The molecule has 2 atom stereocenters. The van der Waals surface area contributed by atoms with Crippen molar-refractivity contribution in [2.75, 3.05) is 59.3 Å². The van der Waals surface area contributed by atoms with Gasteiger partial charge >= 0.3 is 0 Å². The van der Waals surface area contributed by atoms with E-state index in [4.69, 9.17) is 21.1 Å². The predicted molar refractivity (Wildman–Crippen MR) is 170 cm³/mol. The summed E-state index contributed by atoms with van der Waals surface area (Å²) < 4.78 is 12.6. The summed E-state index contributed by atoms with van der Waals surface area (Å²) in [5.41, 5.74) is 1.13. The molecule has 3 aromatic rings. The van der Waals surface area contributed by atoms with Crippen LogP contribution in [0, 0.1) is 28.6 Å². The van der Waals surface area contributed by atoms with Gasteiger partial charge in [0.05, 0.1) is 19.2 Å². The van der Waals surface area contributed by atoms with Gasteiger partial charge in [-0.25, -0.2) is 4.98 Å². The highest BCUT2D eigenvalue weighted by molar-refractivity contribution is 6.35. The SMILES string of the molecule is CNc1ncc2cc(-c3cc(OC)cc(OC)c3Cl)c(=O)n(CCN3CC4CN(C(=O)/C(C#N)=C/C(C)(C)C)CC4C3)c2n1. The second kappa shape index (κ2) is 12.5. The van der Waals surface area contributed by atoms with Crippen LogP contribution in [0.25, 0.3) is 22.2 Å². The lowest BCUT2D eigenvalue weighted by Crippen LogP contribution is -2.36. The number of hydrogen-bond donors (Lipinski definition) is 1. The standard InChI is InChI=1S/C32H38ClN7O4/c1-32(2,3)12-20(13-34)29(41)39-17-21-15-38(16-22(21)18-39)7-8-40-28-19(14-36-31(35-4)37-28)9-25(30(40)42)24-10-23(43-5)11-26(44-6)27(24)33/h9-12,14,21-22H,7-8,15-18H2,1-6H3,(H,35,36,37)/b20-12+. The lowest BCUT2D eigenvalue weighted by molar-refractivity contribution is -0.126. The Bertz CT molecular complexity index is 1710. The van der Waals surface area contributed by atoms with Gasteiger partial charge in [-0.05, 0) is 29.4 Å². The van der Waals surface area contributed by atoms with Gasteiger partial charge in [0.1, 0.15) is 28.8 Å². The summed E-state index contributed by atoms with van der Waals surface area (Å²) in [6, 6.07) is 7.25. The lowest BCUT2D eigenvalue weighted by Gasteiger charge is -2.23. The number of amides is 1. The molecule has 0 spiro atoms. The van der Waals surface area contributed by atoms with E-state index < -0.39 is 0 Å². The highest BCUT2D eigenvalue weighted by Crippen LogP contribution is 2.39. The highest BCUT2D eigenvalue weighted by atomic mass is 35.5. The van der Waals surface area contributed by atoms with Gasteiger partial charge in [-0.3, -0.25) is 14.2 Å². The number of pyridine rings is 1. The van der Waals surface area contributed by atoms with Gasteiger partial charge in [0.2, 0.25) is 5.95 Å². The Labute approximate surface area is 262 Å². The number of fused-ring (bicyclic) bond motifs is 2. The maximum atomic E-state index is 14.1. The number of nitriles is 1. The highest BCUT2D eigenvalue weighted by Gasteiger charge is 2.42. The third-order valence-electron chi connectivity index (χ3n) is 8.23. The van der Waals surface area contributed by atoms with E-state index in [1.807, 2.05) is 25.7 Å². The van der Waals surface area contributed by atoms with Crippen LogP contribution in [0.3, 0.4) is 0 Å². The number of methoxy groups -OCH3 is 2. The van der Waals surface area contributed by atoms with Gasteiger partial charge in [0, 0.05) is 75.1 Å². The van der Waals surface area contributed by atoms with Gasteiger partial charge in [-0.1, -0.05) is 38.4 Å². The number of halogens is 1. The van der Waals surface area contributed by atoms with Gasteiger partial charge in [0.25, 0.3) is 11.5 Å². The Hall–Kier alpha value is -4.14. The zero-order valence-corrected chi connectivity index (χ0v) is 26.7. The van der Waals surface area contributed by atoms with Crippen molar-refractivity contribution in [3.05, 3.63) is 51.4 Å². The fraction of sp³-hybridized carbons (Fsp3) is 0.469. The molecule has 4 heterocycles. The number of anilines is 1. The van der Waals surface area contributed by atoms with E-state index in [-0.39, 0.29) is 22.5 Å². The molecule has 0 aliphatic carbocycles. The zero-order valence-electron chi connectivity index (χ0n) is 26.0. The normalized spacial score (nSPS) is 18.8. The van der Waals surface area contributed by atoms with Crippen LogP contribution in [0.1, 0.15) is 20.8 Å². The van der Waals surface area contributed by atoms with E-state index in [0.717, 1.165) is 13.1 Å². The molecule has 2 aliphatic heterocycles. The second-order valence-corrected chi connectivity index (χ2v) is 12.8. The first-order valence-corrected chi connectivity index (χ1v) is 15.0. The number of carbonyl (C=O) groups excluding carboxylic acids is 1. The fourth-order valence-corrected chi connectivity index (χ4v) is 6.43. The van der Waals surface area contributed by atoms with Crippen molar-refractivity contribution in [2.45, 2.75) is 27.3 Å². The maximum absolute atomic E-state index is 14.1. The Morgan fingerprint density at radius 2 is 1.82 bits per heavy atom. The van der Waals surface area contributed by atoms with Crippen molar-refractivity contribution in [1.82, 2.24) is 24.3 Å². The molecule has 5 rings (SSSR count). The molecule has 2 fully saturated rings. The van der Waals surface area contributed by atoms with Crippen molar-refractivity contribution in [3.63, 3.8) is 0 Å². The third kappa shape index (κ3) is 6.23. The van der Waals surface area contributed by atoms with Crippen LogP contribution in [0.5, 0.6) is 11.5 Å². The minimum atomic E-state index is -0.254. The van der Waals surface area contributed by atoms with Crippen LogP contribution in [0.15, 0.2) is 40.8 Å². The maximum Gasteiger partial charge on any atom is 0.264 e. The van der Waals surface area contributed by atoms with Crippen LogP contribution >= 0.6 is 11.6 Å². The Kier molecular flexibility index (Phi) is 8.86. The average Bonchev–Trinajstić information content (AvgIpc) is 3.57. The summed E-state index contributed by atoms with van der Waals surface area (Å²) >= 11 is 6.70. The van der Waals surface area contributed by atoms with Crippen molar-refractivity contribution in [3.8, 4) is 28.7 Å². The molecular weight excluding hydrogens is 582 g/mol. The topological polar surface area (TPSA) is 126 Å². The number of aromatic nitrogens is 3. The molecule has 2 saturated heterocycles. The van der Waals surface area contributed by atoms with Crippen molar-refractivity contribution >= 4 is 34.5 Å². The zero-order chi connectivity index (χ0) is 31.8. The average molecular weight is 620 g/mol. The number of benzene rings is 1. The summed E-state index contributed by atoms with van der Waals surface area (Å²) in [7, 11) is 4.79. The molecule has 1 aromatic carbocycles. The van der Waals surface area contributed by atoms with Gasteiger partial charge in [-0.2, -0.15) is 10.2 Å². The molecule has 2 aliphatic rings.